The molecule has 0 aliphatic heterocycles. The van der Waals surface area contributed by atoms with E-state index in [1.54, 1.807) is 6.92 Å². The van der Waals surface area contributed by atoms with Gasteiger partial charge in [0.2, 0.25) is 5.91 Å². The number of carboxylic acid groups (broad SMARTS) is 1. The van der Waals surface area contributed by atoms with Crippen molar-refractivity contribution in [2.45, 2.75) is 53.0 Å². The fourth-order valence-corrected chi connectivity index (χ4v) is 1.84. The molecule has 0 spiro atoms. The third-order valence-corrected chi connectivity index (χ3v) is 3.14. The van der Waals surface area contributed by atoms with Gasteiger partial charge in [-0.3, -0.25) is 9.59 Å². The highest BCUT2D eigenvalue weighted by Gasteiger charge is 2.25. The fraction of sp³-hybridized carbons (Fsp3) is 0.846. The Hall–Kier alpha value is -1.10. The van der Waals surface area contributed by atoms with E-state index < -0.39 is 12.0 Å². The summed E-state index contributed by atoms with van der Waals surface area (Å²) < 4.78 is 0. The molecule has 0 aromatic heterocycles. The number of nitrogens with one attached hydrogen (secondary N) is 1. The largest absolute Gasteiger partial charge is 0.481 e. The van der Waals surface area contributed by atoms with E-state index in [1.807, 2.05) is 0 Å². The Morgan fingerprint density at radius 2 is 1.83 bits per heavy atom. The van der Waals surface area contributed by atoms with Crippen LogP contribution in [0.2, 0.25) is 0 Å². The number of nitrogens with two attached hydrogens (primary N) is 1. The zero-order valence-corrected chi connectivity index (χ0v) is 11.8. The van der Waals surface area contributed by atoms with Crippen LogP contribution in [0.1, 0.15) is 47.0 Å². The van der Waals surface area contributed by atoms with Crippen LogP contribution < -0.4 is 11.1 Å². The number of carbonyl (C=O) groups is 2. The predicted molar refractivity (Wildman–Crippen MR) is 71.1 cm³/mol. The lowest BCUT2D eigenvalue weighted by atomic mass is 9.76. The number of aliphatic carboxylic acids is 1. The highest BCUT2D eigenvalue weighted by Crippen LogP contribution is 2.32. The zero-order chi connectivity index (χ0) is 14.3. The second-order valence-corrected chi connectivity index (χ2v) is 5.86. The molecule has 106 valence electrons. The van der Waals surface area contributed by atoms with Gasteiger partial charge in [0.05, 0.1) is 6.04 Å². The summed E-state index contributed by atoms with van der Waals surface area (Å²) in [7, 11) is 0. The van der Waals surface area contributed by atoms with Gasteiger partial charge in [0.1, 0.15) is 0 Å². The van der Waals surface area contributed by atoms with Gasteiger partial charge in [-0.2, -0.15) is 0 Å². The summed E-state index contributed by atoms with van der Waals surface area (Å²) in [4.78, 5) is 21.9. The van der Waals surface area contributed by atoms with Crippen LogP contribution in [0.25, 0.3) is 0 Å². The maximum atomic E-state index is 11.3. The Labute approximate surface area is 109 Å². The molecular weight excluding hydrogens is 232 g/mol. The van der Waals surface area contributed by atoms with E-state index in [0.29, 0.717) is 13.0 Å². The van der Waals surface area contributed by atoms with Crippen molar-refractivity contribution in [3.63, 3.8) is 0 Å². The molecule has 1 amide bonds. The van der Waals surface area contributed by atoms with Crippen molar-refractivity contribution in [3.05, 3.63) is 0 Å². The van der Waals surface area contributed by atoms with Crippen LogP contribution in [-0.2, 0) is 9.59 Å². The standard InChI is InChI=1S/C13H26N2O3/c1-9(14)12(18)15-8-7-10(13(2,3)4)5-6-11(16)17/h9-10H,5-8,14H2,1-4H3,(H,15,18)(H,16,17)/t9-,10?/m0/s1. The summed E-state index contributed by atoms with van der Waals surface area (Å²) in [6.07, 6.45) is 1.57. The summed E-state index contributed by atoms with van der Waals surface area (Å²) in [6.45, 7) is 8.45. The molecule has 0 bridgehead atoms. The molecule has 0 radical (unpaired) electrons. The number of hydrogen-bond acceptors (Lipinski definition) is 3. The van der Waals surface area contributed by atoms with Gasteiger partial charge >= 0.3 is 5.97 Å². The number of rotatable bonds is 7. The minimum atomic E-state index is -0.774. The molecule has 4 N–H and O–H groups in total. The predicted octanol–water partition coefficient (Wildman–Crippen LogP) is 1.37. The Kier molecular flexibility index (Phi) is 6.91. The molecule has 0 saturated carbocycles. The third kappa shape index (κ3) is 7.27. The van der Waals surface area contributed by atoms with E-state index in [4.69, 9.17) is 10.8 Å². The summed E-state index contributed by atoms with van der Waals surface area (Å²) in [5, 5.41) is 11.5. The van der Waals surface area contributed by atoms with Gasteiger partial charge in [0, 0.05) is 13.0 Å². The van der Waals surface area contributed by atoms with E-state index in [2.05, 4.69) is 26.1 Å². The van der Waals surface area contributed by atoms with E-state index in [0.717, 1.165) is 6.42 Å². The summed E-state index contributed by atoms with van der Waals surface area (Å²) in [5.41, 5.74) is 5.48. The summed E-state index contributed by atoms with van der Waals surface area (Å²) >= 11 is 0. The summed E-state index contributed by atoms with van der Waals surface area (Å²) in [6, 6.07) is -0.503. The van der Waals surface area contributed by atoms with E-state index in [-0.39, 0.29) is 23.7 Å². The molecule has 0 saturated heterocycles. The Bertz CT molecular complexity index is 282. The average molecular weight is 258 g/mol. The molecule has 1 unspecified atom stereocenters. The summed E-state index contributed by atoms with van der Waals surface area (Å²) in [5.74, 6) is -0.674. The van der Waals surface area contributed by atoms with E-state index in [1.165, 1.54) is 0 Å². The lowest BCUT2D eigenvalue weighted by Gasteiger charge is -2.30. The van der Waals surface area contributed by atoms with Crippen molar-refractivity contribution in [2.24, 2.45) is 17.1 Å². The Balaban J connectivity index is 4.18. The molecule has 0 aliphatic carbocycles. The Morgan fingerprint density at radius 3 is 2.22 bits per heavy atom. The lowest BCUT2D eigenvalue weighted by Crippen LogP contribution is -2.39. The molecule has 5 heteroatoms. The van der Waals surface area contributed by atoms with Crippen molar-refractivity contribution in [1.82, 2.24) is 5.32 Å². The monoisotopic (exact) mass is 258 g/mol. The molecule has 0 rings (SSSR count). The third-order valence-electron chi connectivity index (χ3n) is 3.14. The van der Waals surface area contributed by atoms with Crippen LogP contribution in [0.4, 0.5) is 0 Å². The molecule has 5 nitrogen and oxygen atoms in total. The first-order chi connectivity index (χ1) is 8.14. The Morgan fingerprint density at radius 1 is 1.28 bits per heavy atom. The molecule has 0 heterocycles. The van der Waals surface area contributed by atoms with Gasteiger partial charge in [0.25, 0.3) is 0 Å². The topological polar surface area (TPSA) is 92.4 Å². The van der Waals surface area contributed by atoms with Gasteiger partial charge in [-0.1, -0.05) is 20.8 Å². The first kappa shape index (κ1) is 16.9. The molecular formula is C13H26N2O3. The average Bonchev–Trinajstić information content (AvgIpc) is 2.20. The quantitative estimate of drug-likeness (QED) is 0.643. The molecule has 0 fully saturated rings. The van der Waals surface area contributed by atoms with Crippen molar-refractivity contribution in [1.29, 1.82) is 0 Å². The first-order valence-corrected chi connectivity index (χ1v) is 6.39. The number of carboxylic acids is 1. The van der Waals surface area contributed by atoms with Crippen molar-refractivity contribution in [3.8, 4) is 0 Å². The maximum absolute atomic E-state index is 11.3. The molecule has 0 aromatic carbocycles. The zero-order valence-electron chi connectivity index (χ0n) is 11.8. The molecule has 2 atom stereocenters. The van der Waals surface area contributed by atoms with Crippen LogP contribution in [0, 0.1) is 11.3 Å². The maximum Gasteiger partial charge on any atom is 0.303 e. The molecule has 0 aliphatic rings. The molecule has 18 heavy (non-hydrogen) atoms. The number of carbonyl (C=O) groups excluding carboxylic acids is 1. The highest BCUT2D eigenvalue weighted by molar-refractivity contribution is 5.80. The van der Waals surface area contributed by atoms with Crippen molar-refractivity contribution < 1.29 is 14.7 Å². The normalized spacial score (nSPS) is 14.9. The number of amides is 1. The minimum absolute atomic E-state index is 0.0362. The van der Waals surface area contributed by atoms with Crippen molar-refractivity contribution >= 4 is 11.9 Å². The van der Waals surface area contributed by atoms with Gasteiger partial charge in [-0.15, -0.1) is 0 Å². The first-order valence-electron chi connectivity index (χ1n) is 6.39. The lowest BCUT2D eigenvalue weighted by molar-refractivity contribution is -0.137. The van der Waals surface area contributed by atoms with Crippen LogP contribution >= 0.6 is 0 Å². The van der Waals surface area contributed by atoms with Crippen molar-refractivity contribution in [2.75, 3.05) is 6.54 Å². The molecule has 0 aromatic rings. The van der Waals surface area contributed by atoms with Crippen LogP contribution in [0.15, 0.2) is 0 Å². The fourth-order valence-electron chi connectivity index (χ4n) is 1.84. The van der Waals surface area contributed by atoms with Gasteiger partial charge in [0.15, 0.2) is 0 Å². The second kappa shape index (κ2) is 7.36. The van der Waals surface area contributed by atoms with E-state index >= 15 is 0 Å². The minimum Gasteiger partial charge on any atom is -0.481 e. The van der Waals surface area contributed by atoms with Gasteiger partial charge < -0.3 is 16.2 Å². The van der Waals surface area contributed by atoms with Crippen LogP contribution in [0.5, 0.6) is 0 Å². The van der Waals surface area contributed by atoms with E-state index in [9.17, 15) is 9.59 Å². The van der Waals surface area contributed by atoms with Gasteiger partial charge in [-0.25, -0.2) is 0 Å². The van der Waals surface area contributed by atoms with Gasteiger partial charge in [-0.05, 0) is 31.1 Å². The van der Waals surface area contributed by atoms with Crippen LogP contribution in [-0.4, -0.2) is 29.6 Å². The van der Waals surface area contributed by atoms with Crippen LogP contribution in [0.3, 0.4) is 0 Å². The smallest absolute Gasteiger partial charge is 0.303 e. The SMILES string of the molecule is C[C@H](N)C(=O)NCCC(CCC(=O)O)C(C)(C)C. The number of hydrogen-bond donors (Lipinski definition) is 3. The second-order valence-electron chi connectivity index (χ2n) is 5.86. The highest BCUT2D eigenvalue weighted by atomic mass is 16.4.